The van der Waals surface area contributed by atoms with Gasteiger partial charge in [0.2, 0.25) is 0 Å². The summed E-state index contributed by atoms with van der Waals surface area (Å²) < 4.78 is 0. The van der Waals surface area contributed by atoms with E-state index < -0.39 is 0 Å². The van der Waals surface area contributed by atoms with Gasteiger partial charge in [0.15, 0.2) is 0 Å². The highest BCUT2D eigenvalue weighted by Gasteiger charge is 2.23. The molecule has 1 aliphatic carbocycles. The number of hydrogen-bond donors (Lipinski definition) is 1. The van der Waals surface area contributed by atoms with Crippen molar-refractivity contribution in [1.82, 2.24) is 10.3 Å². The molecule has 2 unspecified atom stereocenters. The third-order valence-electron chi connectivity index (χ3n) is 3.59. The van der Waals surface area contributed by atoms with Gasteiger partial charge in [0.05, 0.1) is 0 Å². The number of pyridine rings is 1. The number of amides is 1. The molecular weight excluding hydrogens is 271 g/mol. The molecule has 0 saturated heterocycles. The summed E-state index contributed by atoms with van der Waals surface area (Å²) in [5.41, 5.74) is 0.464. The molecule has 1 N–H and O–H groups in total. The zero-order valence-corrected chi connectivity index (χ0v) is 11.8. The van der Waals surface area contributed by atoms with E-state index in [-0.39, 0.29) is 16.2 Å². The molecule has 3 nitrogen and oxygen atoms in total. The number of nitrogens with one attached hydrogen (secondary N) is 1. The topological polar surface area (TPSA) is 42.0 Å². The van der Waals surface area contributed by atoms with E-state index in [0.29, 0.717) is 17.4 Å². The highest BCUT2D eigenvalue weighted by molar-refractivity contribution is 6.33. The smallest absolute Gasteiger partial charge is 0.251 e. The zero-order chi connectivity index (χ0) is 13.1. The molecule has 1 aromatic rings. The minimum Gasteiger partial charge on any atom is -0.352 e. The molecule has 98 valence electrons. The Bertz CT molecular complexity index is 430. The first-order chi connectivity index (χ1) is 8.56. The summed E-state index contributed by atoms with van der Waals surface area (Å²) in [5.74, 6) is 1.14. The molecule has 1 heterocycles. The quantitative estimate of drug-likeness (QED) is 0.864. The van der Waals surface area contributed by atoms with Gasteiger partial charge in [0, 0.05) is 12.1 Å². The maximum Gasteiger partial charge on any atom is 0.251 e. The van der Waals surface area contributed by atoms with Crippen molar-refractivity contribution in [2.24, 2.45) is 11.8 Å². The van der Waals surface area contributed by atoms with Gasteiger partial charge >= 0.3 is 0 Å². The van der Waals surface area contributed by atoms with Gasteiger partial charge in [-0.1, -0.05) is 43.0 Å². The van der Waals surface area contributed by atoms with Crippen molar-refractivity contribution in [2.45, 2.75) is 26.2 Å². The average Bonchev–Trinajstić information content (AvgIpc) is 2.70. The molecule has 18 heavy (non-hydrogen) atoms. The van der Waals surface area contributed by atoms with Crippen LogP contribution in [0.4, 0.5) is 0 Å². The second-order valence-corrected chi connectivity index (χ2v) is 5.65. The highest BCUT2D eigenvalue weighted by atomic mass is 35.5. The van der Waals surface area contributed by atoms with Crippen LogP contribution in [-0.2, 0) is 0 Å². The Morgan fingerprint density at radius 1 is 1.39 bits per heavy atom. The van der Waals surface area contributed by atoms with Crippen molar-refractivity contribution in [1.29, 1.82) is 0 Å². The molecule has 1 aliphatic rings. The molecule has 0 bridgehead atoms. The van der Waals surface area contributed by atoms with Crippen molar-refractivity contribution < 1.29 is 4.79 Å². The van der Waals surface area contributed by atoms with Crippen LogP contribution in [0.2, 0.25) is 10.3 Å². The lowest BCUT2D eigenvalue weighted by molar-refractivity contribution is 0.0944. The van der Waals surface area contributed by atoms with Gasteiger partial charge in [0.1, 0.15) is 10.3 Å². The minimum atomic E-state index is -0.139. The van der Waals surface area contributed by atoms with Gasteiger partial charge in [0.25, 0.3) is 5.91 Å². The Morgan fingerprint density at radius 3 is 2.61 bits per heavy atom. The maximum atomic E-state index is 12.0. The van der Waals surface area contributed by atoms with E-state index in [2.05, 4.69) is 17.2 Å². The van der Waals surface area contributed by atoms with Crippen molar-refractivity contribution in [3.8, 4) is 0 Å². The van der Waals surface area contributed by atoms with Crippen molar-refractivity contribution in [3.63, 3.8) is 0 Å². The maximum absolute atomic E-state index is 12.0. The summed E-state index contributed by atoms with van der Waals surface area (Å²) in [6.45, 7) is 2.96. The van der Waals surface area contributed by atoms with Gasteiger partial charge in [-0.3, -0.25) is 4.79 Å². The molecule has 0 spiro atoms. The number of carbonyl (C=O) groups excluding carboxylic acids is 1. The van der Waals surface area contributed by atoms with Crippen LogP contribution in [0.5, 0.6) is 0 Å². The van der Waals surface area contributed by atoms with Crippen LogP contribution >= 0.6 is 23.2 Å². The fourth-order valence-corrected chi connectivity index (χ4v) is 2.91. The number of hydrogen-bond acceptors (Lipinski definition) is 2. The number of rotatable bonds is 3. The molecule has 1 aromatic heterocycles. The third kappa shape index (κ3) is 3.36. The monoisotopic (exact) mass is 286 g/mol. The number of carbonyl (C=O) groups is 1. The number of nitrogens with zero attached hydrogens (tertiary/aromatic N) is 1. The molecular formula is C13H16Cl2N2O. The normalized spacial score (nSPS) is 23.1. The fourth-order valence-electron chi connectivity index (χ4n) is 2.45. The van der Waals surface area contributed by atoms with Gasteiger partial charge in [-0.2, -0.15) is 0 Å². The lowest BCUT2D eigenvalue weighted by Crippen LogP contribution is -2.30. The second-order valence-electron chi connectivity index (χ2n) is 4.88. The van der Waals surface area contributed by atoms with E-state index in [9.17, 15) is 4.79 Å². The number of aromatic nitrogens is 1. The summed E-state index contributed by atoms with van der Waals surface area (Å²) in [6, 6.07) is 3.06. The summed E-state index contributed by atoms with van der Waals surface area (Å²) in [6.07, 6.45) is 3.71. The fraction of sp³-hybridized carbons (Fsp3) is 0.538. The molecule has 2 rings (SSSR count). The summed E-state index contributed by atoms with van der Waals surface area (Å²) >= 11 is 11.5. The van der Waals surface area contributed by atoms with E-state index >= 15 is 0 Å². The lowest BCUT2D eigenvalue weighted by Gasteiger charge is -2.15. The molecule has 0 aliphatic heterocycles. The predicted molar refractivity (Wildman–Crippen MR) is 73.1 cm³/mol. The standard InChI is InChI=1S/C13H16Cl2N2O/c1-8-3-2-4-9(8)7-16-13(18)10-5-11(14)17-12(15)6-10/h5-6,8-9H,2-4,7H2,1H3,(H,16,18). The molecule has 0 radical (unpaired) electrons. The van der Waals surface area contributed by atoms with E-state index in [4.69, 9.17) is 23.2 Å². The van der Waals surface area contributed by atoms with Gasteiger partial charge in [-0.25, -0.2) is 4.98 Å². The first kappa shape index (κ1) is 13.6. The highest BCUT2D eigenvalue weighted by Crippen LogP contribution is 2.30. The van der Waals surface area contributed by atoms with Crippen LogP contribution in [0.3, 0.4) is 0 Å². The molecule has 1 saturated carbocycles. The Labute approximate surface area is 117 Å². The third-order valence-corrected chi connectivity index (χ3v) is 3.98. The molecule has 2 atom stereocenters. The van der Waals surface area contributed by atoms with E-state index in [1.54, 1.807) is 0 Å². The van der Waals surface area contributed by atoms with Crippen LogP contribution in [0, 0.1) is 11.8 Å². The Hall–Kier alpha value is -0.800. The molecule has 1 fully saturated rings. The van der Waals surface area contributed by atoms with Crippen LogP contribution in [0.15, 0.2) is 12.1 Å². The van der Waals surface area contributed by atoms with Crippen molar-refractivity contribution >= 4 is 29.1 Å². The van der Waals surface area contributed by atoms with Gasteiger partial charge in [-0.15, -0.1) is 0 Å². The van der Waals surface area contributed by atoms with Crippen molar-refractivity contribution in [3.05, 3.63) is 28.0 Å². The SMILES string of the molecule is CC1CCCC1CNC(=O)c1cc(Cl)nc(Cl)c1. The Kier molecular flexibility index (Phi) is 4.46. The Morgan fingerprint density at radius 2 is 2.06 bits per heavy atom. The van der Waals surface area contributed by atoms with Crippen LogP contribution in [0.25, 0.3) is 0 Å². The minimum absolute atomic E-state index is 0.139. The molecule has 5 heteroatoms. The summed E-state index contributed by atoms with van der Waals surface area (Å²) in [5, 5.41) is 3.42. The Balaban J connectivity index is 1.95. The lowest BCUT2D eigenvalue weighted by atomic mass is 9.98. The van der Waals surface area contributed by atoms with Gasteiger partial charge < -0.3 is 5.32 Å². The van der Waals surface area contributed by atoms with Crippen LogP contribution in [0.1, 0.15) is 36.5 Å². The summed E-state index contributed by atoms with van der Waals surface area (Å²) in [4.78, 5) is 15.8. The van der Waals surface area contributed by atoms with E-state index in [1.807, 2.05) is 0 Å². The summed E-state index contributed by atoms with van der Waals surface area (Å²) in [7, 11) is 0. The molecule has 1 amide bonds. The largest absolute Gasteiger partial charge is 0.352 e. The molecule has 0 aromatic carbocycles. The average molecular weight is 287 g/mol. The van der Waals surface area contributed by atoms with Gasteiger partial charge in [-0.05, 0) is 30.4 Å². The van der Waals surface area contributed by atoms with Crippen LogP contribution < -0.4 is 5.32 Å². The van der Waals surface area contributed by atoms with Crippen LogP contribution in [-0.4, -0.2) is 17.4 Å². The van der Waals surface area contributed by atoms with E-state index in [0.717, 1.165) is 6.54 Å². The van der Waals surface area contributed by atoms with E-state index in [1.165, 1.54) is 31.4 Å². The second kappa shape index (κ2) is 5.89. The predicted octanol–water partition coefficient (Wildman–Crippen LogP) is 3.55. The zero-order valence-electron chi connectivity index (χ0n) is 10.2. The van der Waals surface area contributed by atoms with Crippen molar-refractivity contribution in [2.75, 3.05) is 6.54 Å². The number of halogens is 2. The first-order valence-electron chi connectivity index (χ1n) is 6.17. The first-order valence-corrected chi connectivity index (χ1v) is 6.93.